The van der Waals surface area contributed by atoms with Gasteiger partial charge in [-0.05, 0) is 12.1 Å². The van der Waals surface area contributed by atoms with Crippen molar-refractivity contribution in [1.82, 2.24) is 10.3 Å². The zero-order chi connectivity index (χ0) is 8.97. The quantitative estimate of drug-likeness (QED) is 0.703. The van der Waals surface area contributed by atoms with E-state index in [-0.39, 0.29) is 0 Å². The topological polar surface area (TPSA) is 37.0 Å². The van der Waals surface area contributed by atoms with E-state index in [1.165, 1.54) is 0 Å². The van der Waals surface area contributed by atoms with Crippen molar-refractivity contribution < 1.29 is 0 Å². The monoisotopic (exact) mass is 183 g/mol. The molecule has 1 heterocycles. The van der Waals surface area contributed by atoms with E-state index in [2.05, 4.69) is 22.2 Å². The molecule has 64 valence electrons. The van der Waals surface area contributed by atoms with Gasteiger partial charge in [0.05, 0.1) is 17.7 Å². The van der Waals surface area contributed by atoms with Crippen molar-refractivity contribution in [2.75, 3.05) is 12.4 Å². The Hall–Kier alpha value is -1.22. The van der Waals surface area contributed by atoms with Crippen molar-refractivity contribution in [2.45, 2.75) is 0 Å². The van der Waals surface area contributed by atoms with Crippen molar-refractivity contribution >= 4 is 17.3 Å². The highest BCUT2D eigenvalue weighted by atomic mass is 35.5. The minimum Gasteiger partial charge on any atom is -0.375 e. The van der Waals surface area contributed by atoms with E-state index in [9.17, 15) is 0 Å². The van der Waals surface area contributed by atoms with Crippen LogP contribution in [0.2, 0.25) is 5.15 Å². The molecule has 0 amide bonds. The first-order chi connectivity index (χ1) is 5.72. The number of pyridine rings is 1. The third kappa shape index (κ3) is 2.43. The van der Waals surface area contributed by atoms with Crippen LogP contribution in [-0.4, -0.2) is 12.0 Å². The van der Waals surface area contributed by atoms with Crippen LogP contribution in [0.4, 0.5) is 5.69 Å². The molecule has 1 aromatic rings. The Balaban J connectivity index is 2.64. The lowest BCUT2D eigenvalue weighted by molar-refractivity contribution is 1.00. The van der Waals surface area contributed by atoms with Crippen LogP contribution >= 0.6 is 11.6 Å². The summed E-state index contributed by atoms with van der Waals surface area (Å²) in [5.41, 5.74) is 0.860. The second-order valence-corrected chi connectivity index (χ2v) is 2.61. The summed E-state index contributed by atoms with van der Waals surface area (Å²) < 4.78 is 0. The molecule has 0 aromatic carbocycles. The largest absolute Gasteiger partial charge is 0.375 e. The third-order valence-corrected chi connectivity index (χ3v) is 1.55. The van der Waals surface area contributed by atoms with Gasteiger partial charge in [0, 0.05) is 7.05 Å². The SMILES string of the molecule is C=C(NC)Nc1ccc(Cl)nc1. The Labute approximate surface area is 76.5 Å². The number of aromatic nitrogens is 1. The second-order valence-electron chi connectivity index (χ2n) is 2.22. The summed E-state index contributed by atoms with van der Waals surface area (Å²) >= 11 is 5.61. The van der Waals surface area contributed by atoms with Crippen LogP contribution in [0.25, 0.3) is 0 Å². The summed E-state index contributed by atoms with van der Waals surface area (Å²) in [6, 6.07) is 3.55. The number of nitrogens with zero attached hydrogens (tertiary/aromatic N) is 1. The van der Waals surface area contributed by atoms with Crippen LogP contribution < -0.4 is 10.6 Å². The third-order valence-electron chi connectivity index (χ3n) is 1.32. The fourth-order valence-electron chi connectivity index (χ4n) is 0.686. The maximum Gasteiger partial charge on any atom is 0.129 e. The molecule has 0 aliphatic heterocycles. The molecule has 12 heavy (non-hydrogen) atoms. The number of nitrogens with one attached hydrogen (secondary N) is 2. The first-order valence-corrected chi connectivity index (χ1v) is 3.85. The van der Waals surface area contributed by atoms with Crippen molar-refractivity contribution in [3.63, 3.8) is 0 Å². The average molecular weight is 184 g/mol. The molecule has 0 unspecified atom stereocenters. The molecule has 4 heteroatoms. The van der Waals surface area contributed by atoms with Crippen LogP contribution in [0.1, 0.15) is 0 Å². The molecule has 0 spiro atoms. The van der Waals surface area contributed by atoms with Crippen LogP contribution in [0.15, 0.2) is 30.7 Å². The molecule has 0 atom stereocenters. The molecular formula is C8H10ClN3. The molecule has 0 aliphatic carbocycles. The van der Waals surface area contributed by atoms with E-state index in [4.69, 9.17) is 11.6 Å². The minimum atomic E-state index is 0.482. The molecule has 1 rings (SSSR count). The fraction of sp³-hybridized carbons (Fsp3) is 0.125. The number of hydrogen-bond acceptors (Lipinski definition) is 3. The molecule has 0 saturated carbocycles. The Kier molecular flexibility index (Phi) is 2.94. The fourth-order valence-corrected chi connectivity index (χ4v) is 0.798. The predicted octanol–water partition coefficient (Wildman–Crippen LogP) is 1.84. The zero-order valence-electron chi connectivity index (χ0n) is 6.76. The Morgan fingerprint density at radius 1 is 1.58 bits per heavy atom. The van der Waals surface area contributed by atoms with Gasteiger partial charge in [0.2, 0.25) is 0 Å². The van der Waals surface area contributed by atoms with E-state index >= 15 is 0 Å². The van der Waals surface area contributed by atoms with Crippen LogP contribution in [0, 0.1) is 0 Å². The number of halogens is 1. The number of hydrogen-bond donors (Lipinski definition) is 2. The van der Waals surface area contributed by atoms with E-state index in [1.54, 1.807) is 19.3 Å². The van der Waals surface area contributed by atoms with Gasteiger partial charge in [-0.3, -0.25) is 0 Å². The lowest BCUT2D eigenvalue weighted by Gasteiger charge is -2.07. The maximum atomic E-state index is 5.61. The number of rotatable bonds is 3. The Morgan fingerprint density at radius 2 is 2.33 bits per heavy atom. The molecule has 0 radical (unpaired) electrons. The van der Waals surface area contributed by atoms with Gasteiger partial charge >= 0.3 is 0 Å². The van der Waals surface area contributed by atoms with E-state index in [0.29, 0.717) is 5.15 Å². The Morgan fingerprint density at radius 3 is 2.83 bits per heavy atom. The highest BCUT2D eigenvalue weighted by Gasteiger charge is 1.93. The highest BCUT2D eigenvalue weighted by molar-refractivity contribution is 6.29. The van der Waals surface area contributed by atoms with Gasteiger partial charge in [0.25, 0.3) is 0 Å². The lowest BCUT2D eigenvalue weighted by Crippen LogP contribution is -2.12. The van der Waals surface area contributed by atoms with Crippen LogP contribution in [0.5, 0.6) is 0 Å². The number of anilines is 1. The summed E-state index contributed by atoms with van der Waals surface area (Å²) in [4.78, 5) is 3.90. The normalized spacial score (nSPS) is 9.17. The Bertz CT molecular complexity index is 268. The van der Waals surface area contributed by atoms with Gasteiger partial charge in [-0.25, -0.2) is 4.98 Å². The summed E-state index contributed by atoms with van der Waals surface area (Å²) in [6.45, 7) is 3.71. The summed E-state index contributed by atoms with van der Waals surface area (Å²) in [7, 11) is 1.79. The molecule has 0 bridgehead atoms. The van der Waals surface area contributed by atoms with Gasteiger partial charge in [0.1, 0.15) is 5.15 Å². The summed E-state index contributed by atoms with van der Waals surface area (Å²) in [5.74, 6) is 0.721. The van der Waals surface area contributed by atoms with Gasteiger partial charge < -0.3 is 10.6 Å². The summed E-state index contributed by atoms with van der Waals surface area (Å²) in [5, 5.41) is 6.34. The van der Waals surface area contributed by atoms with E-state index in [0.717, 1.165) is 11.5 Å². The molecule has 2 N–H and O–H groups in total. The first kappa shape index (κ1) is 8.87. The lowest BCUT2D eigenvalue weighted by atomic mass is 10.4. The molecule has 0 fully saturated rings. The van der Waals surface area contributed by atoms with Crippen LogP contribution in [-0.2, 0) is 0 Å². The van der Waals surface area contributed by atoms with Crippen molar-refractivity contribution in [1.29, 1.82) is 0 Å². The molecule has 0 saturated heterocycles. The smallest absolute Gasteiger partial charge is 0.129 e. The van der Waals surface area contributed by atoms with E-state index < -0.39 is 0 Å². The van der Waals surface area contributed by atoms with Crippen LogP contribution in [0.3, 0.4) is 0 Å². The van der Waals surface area contributed by atoms with Crippen molar-refractivity contribution in [2.24, 2.45) is 0 Å². The minimum absolute atomic E-state index is 0.482. The predicted molar refractivity (Wildman–Crippen MR) is 51.1 cm³/mol. The molecular weight excluding hydrogens is 174 g/mol. The second kappa shape index (κ2) is 3.97. The van der Waals surface area contributed by atoms with Crippen molar-refractivity contribution in [3.8, 4) is 0 Å². The summed E-state index contributed by atoms with van der Waals surface area (Å²) in [6.07, 6.45) is 1.64. The van der Waals surface area contributed by atoms with Gasteiger partial charge in [0.15, 0.2) is 0 Å². The zero-order valence-corrected chi connectivity index (χ0v) is 7.52. The van der Waals surface area contributed by atoms with E-state index in [1.807, 2.05) is 6.07 Å². The first-order valence-electron chi connectivity index (χ1n) is 3.47. The van der Waals surface area contributed by atoms with Gasteiger partial charge in [-0.2, -0.15) is 0 Å². The van der Waals surface area contributed by atoms with Gasteiger partial charge in [-0.15, -0.1) is 0 Å². The highest BCUT2D eigenvalue weighted by Crippen LogP contribution is 2.10. The molecule has 0 aliphatic rings. The van der Waals surface area contributed by atoms with Gasteiger partial charge in [-0.1, -0.05) is 18.2 Å². The molecule has 1 aromatic heterocycles. The average Bonchev–Trinajstić information content (AvgIpc) is 2.09. The molecule has 3 nitrogen and oxygen atoms in total. The van der Waals surface area contributed by atoms with Crippen molar-refractivity contribution in [3.05, 3.63) is 35.9 Å². The standard InChI is InChI=1S/C8H10ClN3/c1-6(10-2)12-7-3-4-8(9)11-5-7/h3-5,10,12H,1H2,2H3. The maximum absolute atomic E-state index is 5.61.